The molecule has 0 aromatic heterocycles. The number of non-ortho nitro benzene ring substituents is 1. The van der Waals surface area contributed by atoms with Gasteiger partial charge in [0.15, 0.2) is 0 Å². The minimum atomic E-state index is -1.76. The van der Waals surface area contributed by atoms with Gasteiger partial charge in [-0.1, -0.05) is 44.9 Å². The second kappa shape index (κ2) is 12.1. The lowest BCUT2D eigenvalue weighted by molar-refractivity contribution is -0.384. The van der Waals surface area contributed by atoms with Crippen molar-refractivity contribution < 1.29 is 24.9 Å². The topological polar surface area (TPSA) is 99.9 Å². The largest absolute Gasteiger partial charge is 0.464 e. The molecule has 164 valence electrons. The Bertz CT molecular complexity index is 805. The number of benzene rings is 2. The van der Waals surface area contributed by atoms with E-state index in [0.717, 1.165) is 12.8 Å². The molecule has 1 unspecified atom stereocenters. The van der Waals surface area contributed by atoms with Gasteiger partial charge in [0, 0.05) is 13.6 Å². The quantitative estimate of drug-likeness (QED) is 0.203. The van der Waals surface area contributed by atoms with Crippen LogP contribution >= 0.6 is 8.53 Å². The first-order valence-corrected chi connectivity index (χ1v) is 11.0. The van der Waals surface area contributed by atoms with Crippen LogP contribution in [0.3, 0.4) is 0 Å². The lowest BCUT2D eigenvalue weighted by Crippen LogP contribution is -2.34. The minimum Gasteiger partial charge on any atom is -0.464 e. The second-order valence-corrected chi connectivity index (χ2v) is 7.80. The first-order chi connectivity index (χ1) is 14.4. The summed E-state index contributed by atoms with van der Waals surface area (Å²) in [5.41, 5.74) is -0.0398. The molecule has 0 aliphatic carbocycles. The van der Waals surface area contributed by atoms with E-state index < -0.39 is 25.5 Å². The van der Waals surface area contributed by atoms with Crippen molar-refractivity contribution in [2.45, 2.75) is 39.7 Å². The fourth-order valence-electron chi connectivity index (χ4n) is 2.43. The molecule has 0 heterocycles. The molecule has 0 aliphatic rings. The number of nitrogens with zero attached hydrogens (tertiary/aromatic N) is 1. The van der Waals surface area contributed by atoms with E-state index in [1.165, 1.54) is 24.3 Å². The molecule has 0 bridgehead atoms. The molecule has 0 saturated carbocycles. The molecular formula is C21H29N2O6P. The van der Waals surface area contributed by atoms with Gasteiger partial charge in [0.1, 0.15) is 17.5 Å². The van der Waals surface area contributed by atoms with Crippen LogP contribution in [0.1, 0.15) is 35.0 Å². The highest BCUT2D eigenvalue weighted by Crippen LogP contribution is 2.37. The smallest absolute Gasteiger partial charge is 0.382 e. The van der Waals surface area contributed by atoms with Gasteiger partial charge in [0.05, 0.1) is 11.5 Å². The number of carbonyl (C=O) groups excluding carboxylic acids is 1. The van der Waals surface area contributed by atoms with E-state index >= 15 is 0 Å². The van der Waals surface area contributed by atoms with Gasteiger partial charge in [-0.05, 0) is 37.1 Å². The van der Waals surface area contributed by atoms with Crippen molar-refractivity contribution in [2.75, 3.05) is 6.61 Å². The Morgan fingerprint density at radius 2 is 1.63 bits per heavy atom. The maximum atomic E-state index is 12.4. The normalized spacial score (nSPS) is 12.8. The molecule has 30 heavy (non-hydrogen) atoms. The van der Waals surface area contributed by atoms with Gasteiger partial charge >= 0.3 is 14.5 Å². The van der Waals surface area contributed by atoms with Gasteiger partial charge in [0.25, 0.3) is 5.69 Å². The van der Waals surface area contributed by atoms with Gasteiger partial charge < -0.3 is 13.8 Å². The minimum absolute atomic E-state index is 0. The predicted octanol–water partition coefficient (Wildman–Crippen LogP) is 5.48. The van der Waals surface area contributed by atoms with Crippen LogP contribution < -0.4 is 14.1 Å². The van der Waals surface area contributed by atoms with Gasteiger partial charge in [0.2, 0.25) is 0 Å². The molecule has 9 heteroatoms. The number of nitro groups is 1. The summed E-state index contributed by atoms with van der Waals surface area (Å²) in [6.07, 6.45) is 1.89. The Morgan fingerprint density at radius 3 is 2.17 bits per heavy atom. The second-order valence-electron chi connectivity index (χ2n) is 6.67. The van der Waals surface area contributed by atoms with Crippen molar-refractivity contribution >= 4 is 20.2 Å². The fourth-order valence-corrected chi connectivity index (χ4v) is 3.62. The summed E-state index contributed by atoms with van der Waals surface area (Å²) in [5.74, 6) is 0.890. The van der Waals surface area contributed by atoms with Crippen LogP contribution in [-0.4, -0.2) is 23.5 Å². The number of ether oxygens (including phenoxy) is 1. The highest BCUT2D eigenvalue weighted by Gasteiger charge is 2.24. The lowest BCUT2D eigenvalue weighted by atomic mass is 10.1. The van der Waals surface area contributed by atoms with Crippen molar-refractivity contribution in [3.63, 3.8) is 0 Å². The number of esters is 1. The summed E-state index contributed by atoms with van der Waals surface area (Å²) in [6, 6.07) is 14.0. The molecule has 2 aromatic rings. The maximum Gasteiger partial charge on any atom is 0.382 e. The van der Waals surface area contributed by atoms with E-state index in [0.29, 0.717) is 24.0 Å². The van der Waals surface area contributed by atoms with Crippen LogP contribution in [0.15, 0.2) is 54.6 Å². The summed E-state index contributed by atoms with van der Waals surface area (Å²) in [4.78, 5) is 22.7. The highest BCUT2D eigenvalue weighted by molar-refractivity contribution is 7.45. The molecule has 8 nitrogen and oxygen atoms in total. The molecule has 0 aliphatic heterocycles. The molecular weight excluding hydrogens is 407 g/mol. The van der Waals surface area contributed by atoms with Crippen LogP contribution in [0, 0.1) is 16.0 Å². The van der Waals surface area contributed by atoms with E-state index in [1.54, 1.807) is 19.1 Å². The number of nitrogens with one attached hydrogen (secondary N) is 1. The fraction of sp³-hybridized carbons (Fsp3) is 0.381. The molecule has 0 amide bonds. The maximum absolute atomic E-state index is 12.4. The zero-order valence-electron chi connectivity index (χ0n) is 17.3. The number of hydrogen-bond donors (Lipinski definition) is 1. The van der Waals surface area contributed by atoms with Crippen LogP contribution in [-0.2, 0) is 9.53 Å². The average Bonchev–Trinajstić information content (AvgIpc) is 2.75. The first kappa shape index (κ1) is 23.6. The van der Waals surface area contributed by atoms with Gasteiger partial charge in [-0.3, -0.25) is 14.9 Å². The number of nitro benzene ring substituents is 1. The van der Waals surface area contributed by atoms with E-state index in [9.17, 15) is 14.9 Å². The standard InChI is InChI=1S/C21H27N2O6P.H2/c1-4-17(5-2)15-27-21(24)16(3)22-30(28-19-9-7-6-8-10-19)29-20-13-11-18(12-14-20)23(25)26;/h6-14,16-17,22H,4-5,15H2,1-3H3;1H/t16-,30?;/m0./s1. The van der Waals surface area contributed by atoms with Crippen molar-refractivity contribution in [3.8, 4) is 11.5 Å². The van der Waals surface area contributed by atoms with Crippen LogP contribution in [0.25, 0.3) is 0 Å². The van der Waals surface area contributed by atoms with Gasteiger partial charge in [-0.25, -0.2) is 5.09 Å². The van der Waals surface area contributed by atoms with Gasteiger partial charge in [-0.15, -0.1) is 0 Å². The summed E-state index contributed by atoms with van der Waals surface area (Å²) >= 11 is 0. The third-order valence-corrected chi connectivity index (χ3v) is 5.79. The molecule has 2 rings (SSSR count). The highest BCUT2D eigenvalue weighted by atomic mass is 31.2. The molecule has 1 N–H and O–H groups in total. The number of rotatable bonds is 12. The van der Waals surface area contributed by atoms with Crippen molar-refractivity contribution in [2.24, 2.45) is 5.92 Å². The molecule has 2 atom stereocenters. The molecule has 0 radical (unpaired) electrons. The molecule has 2 aromatic carbocycles. The van der Waals surface area contributed by atoms with Crippen molar-refractivity contribution in [1.82, 2.24) is 5.09 Å². The van der Waals surface area contributed by atoms with Gasteiger partial charge in [-0.2, -0.15) is 0 Å². The van der Waals surface area contributed by atoms with Crippen LogP contribution in [0.2, 0.25) is 0 Å². The average molecular weight is 436 g/mol. The van der Waals surface area contributed by atoms with Crippen LogP contribution in [0.5, 0.6) is 11.5 Å². The van der Waals surface area contributed by atoms with E-state index in [1.807, 2.05) is 18.2 Å². The van der Waals surface area contributed by atoms with Crippen molar-refractivity contribution in [1.29, 1.82) is 0 Å². The molecule has 0 spiro atoms. The van der Waals surface area contributed by atoms with E-state index in [-0.39, 0.29) is 7.11 Å². The first-order valence-electron chi connectivity index (χ1n) is 9.81. The summed E-state index contributed by atoms with van der Waals surface area (Å²) < 4.78 is 17.1. The predicted molar refractivity (Wildman–Crippen MR) is 117 cm³/mol. The number of hydrogen-bond acceptors (Lipinski definition) is 7. The number of para-hydroxylation sites is 1. The zero-order valence-corrected chi connectivity index (χ0v) is 18.2. The summed E-state index contributed by atoms with van der Waals surface area (Å²) in [6.45, 7) is 6.18. The number of carbonyl (C=O) groups is 1. The zero-order chi connectivity index (χ0) is 21.9. The SMILES string of the molecule is CCC(CC)COC(=O)[C@H](C)NP(Oc1ccccc1)Oc1ccc([N+](=O)[O-])cc1.[HH]. The Balaban J connectivity index is 0.00000480. The summed E-state index contributed by atoms with van der Waals surface area (Å²) in [5, 5.41) is 13.9. The third kappa shape index (κ3) is 7.61. The van der Waals surface area contributed by atoms with Crippen LogP contribution in [0.4, 0.5) is 5.69 Å². The Hall–Kier alpha value is -2.70. The van der Waals surface area contributed by atoms with E-state index in [2.05, 4.69) is 18.9 Å². The van der Waals surface area contributed by atoms with E-state index in [4.69, 9.17) is 13.8 Å². The Labute approximate surface area is 179 Å². The lowest BCUT2D eigenvalue weighted by Gasteiger charge is -2.22. The molecule has 0 saturated heterocycles. The summed E-state index contributed by atoms with van der Waals surface area (Å²) in [7, 11) is -1.76. The molecule has 0 fully saturated rings. The van der Waals surface area contributed by atoms with Crippen molar-refractivity contribution in [3.05, 3.63) is 64.7 Å². The Morgan fingerprint density at radius 1 is 1.07 bits per heavy atom. The third-order valence-electron chi connectivity index (χ3n) is 4.44. The Kier molecular flexibility index (Phi) is 9.51. The monoisotopic (exact) mass is 436 g/mol.